The van der Waals surface area contributed by atoms with Crippen molar-refractivity contribution < 1.29 is 4.79 Å². The van der Waals surface area contributed by atoms with Gasteiger partial charge in [-0.1, -0.05) is 18.2 Å². The van der Waals surface area contributed by atoms with E-state index < -0.39 is 0 Å². The monoisotopic (exact) mass is 261 g/mol. The lowest BCUT2D eigenvalue weighted by molar-refractivity contribution is -0.131. The van der Waals surface area contributed by atoms with E-state index in [1.54, 1.807) is 0 Å². The van der Waals surface area contributed by atoms with E-state index in [9.17, 15) is 4.79 Å². The molecule has 0 aromatic heterocycles. The first kappa shape index (κ1) is 13.9. The van der Waals surface area contributed by atoms with E-state index in [-0.39, 0.29) is 0 Å². The van der Waals surface area contributed by atoms with Crippen molar-refractivity contribution in [2.75, 3.05) is 44.7 Å². The maximum atomic E-state index is 12.0. The number of nitrogens with zero attached hydrogens (tertiary/aromatic N) is 2. The first-order valence-corrected chi connectivity index (χ1v) is 7.02. The predicted molar refractivity (Wildman–Crippen MR) is 78.4 cm³/mol. The van der Waals surface area contributed by atoms with E-state index in [2.05, 4.69) is 29.4 Å². The van der Waals surface area contributed by atoms with Crippen LogP contribution < -0.4 is 10.2 Å². The predicted octanol–water partition coefficient (Wildman–Crippen LogP) is 1.33. The molecule has 0 radical (unpaired) electrons. The minimum absolute atomic E-state index is 0.294. The Morgan fingerprint density at radius 3 is 2.63 bits per heavy atom. The van der Waals surface area contributed by atoms with Gasteiger partial charge >= 0.3 is 0 Å². The molecule has 1 aromatic rings. The van der Waals surface area contributed by atoms with Crippen LogP contribution in [0.15, 0.2) is 30.3 Å². The number of benzene rings is 1. The van der Waals surface area contributed by atoms with E-state index in [1.165, 1.54) is 5.69 Å². The van der Waals surface area contributed by atoms with Gasteiger partial charge in [-0.05, 0) is 18.6 Å². The van der Waals surface area contributed by atoms with Gasteiger partial charge in [0.25, 0.3) is 0 Å². The molecule has 0 atom stereocenters. The molecule has 19 heavy (non-hydrogen) atoms. The Labute approximate surface area is 115 Å². The number of para-hydroxylation sites is 1. The number of rotatable bonds is 5. The van der Waals surface area contributed by atoms with Gasteiger partial charge in [0.1, 0.15) is 0 Å². The minimum Gasteiger partial charge on any atom is -0.375 e. The highest BCUT2D eigenvalue weighted by molar-refractivity contribution is 5.76. The van der Waals surface area contributed by atoms with Crippen molar-refractivity contribution in [3.63, 3.8) is 0 Å². The van der Waals surface area contributed by atoms with Gasteiger partial charge in [0.15, 0.2) is 0 Å². The standard InChI is InChI=1S/C15H23N3O/c1-17(14-6-3-2-4-7-14)11-5-8-15(19)18-12-9-16-10-13-18/h2-4,6-7,16H,5,8-13H2,1H3. The maximum absolute atomic E-state index is 12.0. The van der Waals surface area contributed by atoms with Crippen molar-refractivity contribution in [2.45, 2.75) is 12.8 Å². The Kier molecular flexibility index (Phi) is 5.21. The molecule has 0 spiro atoms. The van der Waals surface area contributed by atoms with Gasteiger partial charge in [-0.15, -0.1) is 0 Å². The van der Waals surface area contributed by atoms with Crippen molar-refractivity contribution in [3.8, 4) is 0 Å². The highest BCUT2D eigenvalue weighted by Crippen LogP contribution is 2.12. The van der Waals surface area contributed by atoms with Gasteiger partial charge < -0.3 is 15.1 Å². The second kappa shape index (κ2) is 7.14. The summed E-state index contributed by atoms with van der Waals surface area (Å²) in [4.78, 5) is 16.2. The zero-order valence-corrected chi connectivity index (χ0v) is 11.6. The lowest BCUT2D eigenvalue weighted by atomic mass is 10.2. The molecule has 1 amide bonds. The Morgan fingerprint density at radius 2 is 1.95 bits per heavy atom. The number of nitrogens with one attached hydrogen (secondary N) is 1. The highest BCUT2D eigenvalue weighted by atomic mass is 16.2. The number of carbonyl (C=O) groups is 1. The molecule has 1 aliphatic rings. The second-order valence-corrected chi connectivity index (χ2v) is 4.99. The maximum Gasteiger partial charge on any atom is 0.222 e. The average molecular weight is 261 g/mol. The molecule has 0 saturated carbocycles. The second-order valence-electron chi connectivity index (χ2n) is 4.99. The molecule has 1 saturated heterocycles. The van der Waals surface area contributed by atoms with Crippen molar-refractivity contribution in [1.29, 1.82) is 0 Å². The molecule has 0 unspecified atom stereocenters. The number of carbonyl (C=O) groups excluding carboxylic acids is 1. The molecular formula is C15H23N3O. The Balaban J connectivity index is 1.69. The molecule has 0 bridgehead atoms. The lowest BCUT2D eigenvalue weighted by Crippen LogP contribution is -2.46. The number of amides is 1. The normalized spacial score (nSPS) is 15.3. The van der Waals surface area contributed by atoms with Crippen LogP contribution in [0.1, 0.15) is 12.8 Å². The topological polar surface area (TPSA) is 35.6 Å². The smallest absolute Gasteiger partial charge is 0.222 e. The highest BCUT2D eigenvalue weighted by Gasteiger charge is 2.15. The minimum atomic E-state index is 0.294. The third-order valence-electron chi connectivity index (χ3n) is 3.55. The first-order valence-electron chi connectivity index (χ1n) is 7.02. The number of hydrogen-bond acceptors (Lipinski definition) is 3. The lowest BCUT2D eigenvalue weighted by Gasteiger charge is -2.28. The fourth-order valence-electron chi connectivity index (χ4n) is 2.35. The zero-order valence-electron chi connectivity index (χ0n) is 11.6. The summed E-state index contributed by atoms with van der Waals surface area (Å²) in [5.41, 5.74) is 1.21. The van der Waals surface area contributed by atoms with Crippen molar-refractivity contribution >= 4 is 11.6 Å². The molecule has 1 aliphatic heterocycles. The summed E-state index contributed by atoms with van der Waals surface area (Å²) < 4.78 is 0. The largest absolute Gasteiger partial charge is 0.375 e. The van der Waals surface area contributed by atoms with Gasteiger partial charge in [0.2, 0.25) is 5.91 Å². The van der Waals surface area contributed by atoms with Crippen LogP contribution in [-0.2, 0) is 4.79 Å². The molecule has 4 heteroatoms. The van der Waals surface area contributed by atoms with Crippen LogP contribution in [0.2, 0.25) is 0 Å². The third-order valence-corrected chi connectivity index (χ3v) is 3.55. The molecule has 1 heterocycles. The summed E-state index contributed by atoms with van der Waals surface area (Å²) in [6.45, 7) is 4.48. The number of piperazine rings is 1. The third kappa shape index (κ3) is 4.24. The van der Waals surface area contributed by atoms with Crippen molar-refractivity contribution in [3.05, 3.63) is 30.3 Å². The molecular weight excluding hydrogens is 238 g/mol. The molecule has 1 N–H and O–H groups in total. The van der Waals surface area contributed by atoms with Crippen LogP contribution in [-0.4, -0.2) is 50.6 Å². The summed E-state index contributed by atoms with van der Waals surface area (Å²) in [5.74, 6) is 0.294. The quantitative estimate of drug-likeness (QED) is 0.868. The summed E-state index contributed by atoms with van der Waals surface area (Å²) in [6.07, 6.45) is 1.56. The van der Waals surface area contributed by atoms with Crippen molar-refractivity contribution in [1.82, 2.24) is 10.2 Å². The van der Waals surface area contributed by atoms with Gasteiger partial charge in [-0.3, -0.25) is 4.79 Å². The zero-order chi connectivity index (χ0) is 13.5. The van der Waals surface area contributed by atoms with Crippen LogP contribution in [0.5, 0.6) is 0 Å². The molecule has 2 rings (SSSR count). The van der Waals surface area contributed by atoms with E-state index in [0.717, 1.165) is 39.1 Å². The number of hydrogen-bond donors (Lipinski definition) is 1. The van der Waals surface area contributed by atoms with Gasteiger partial charge in [0, 0.05) is 51.9 Å². The van der Waals surface area contributed by atoms with Crippen LogP contribution in [0.4, 0.5) is 5.69 Å². The van der Waals surface area contributed by atoms with Crippen molar-refractivity contribution in [2.24, 2.45) is 0 Å². The summed E-state index contributed by atoms with van der Waals surface area (Å²) in [5, 5.41) is 3.26. The van der Waals surface area contributed by atoms with E-state index >= 15 is 0 Å². The number of anilines is 1. The Bertz CT molecular complexity index is 388. The molecule has 104 valence electrons. The molecule has 1 aromatic carbocycles. The summed E-state index contributed by atoms with van der Waals surface area (Å²) in [6, 6.07) is 10.3. The molecule has 0 aliphatic carbocycles. The van der Waals surface area contributed by atoms with E-state index in [1.807, 2.05) is 23.1 Å². The molecule has 4 nitrogen and oxygen atoms in total. The van der Waals surface area contributed by atoms with Crippen LogP contribution in [0.3, 0.4) is 0 Å². The SMILES string of the molecule is CN(CCCC(=O)N1CCNCC1)c1ccccc1. The average Bonchev–Trinajstić information content (AvgIpc) is 2.49. The summed E-state index contributed by atoms with van der Waals surface area (Å²) >= 11 is 0. The van der Waals surface area contributed by atoms with Crippen LogP contribution in [0.25, 0.3) is 0 Å². The van der Waals surface area contributed by atoms with Crippen LogP contribution in [0, 0.1) is 0 Å². The molecule has 1 fully saturated rings. The van der Waals surface area contributed by atoms with Crippen LogP contribution >= 0.6 is 0 Å². The Hall–Kier alpha value is -1.55. The van der Waals surface area contributed by atoms with E-state index in [4.69, 9.17) is 0 Å². The fourth-order valence-corrected chi connectivity index (χ4v) is 2.35. The first-order chi connectivity index (χ1) is 9.27. The van der Waals surface area contributed by atoms with E-state index in [0.29, 0.717) is 12.3 Å². The van der Waals surface area contributed by atoms with Gasteiger partial charge in [-0.25, -0.2) is 0 Å². The summed E-state index contributed by atoms with van der Waals surface area (Å²) in [7, 11) is 2.07. The van der Waals surface area contributed by atoms with Gasteiger partial charge in [-0.2, -0.15) is 0 Å². The van der Waals surface area contributed by atoms with Gasteiger partial charge in [0.05, 0.1) is 0 Å². The fraction of sp³-hybridized carbons (Fsp3) is 0.533. The Morgan fingerprint density at radius 1 is 1.26 bits per heavy atom.